The first-order valence-electron chi connectivity index (χ1n) is 6.41. The predicted molar refractivity (Wildman–Crippen MR) is 69.8 cm³/mol. The van der Waals surface area contributed by atoms with Crippen LogP contribution in [0.4, 0.5) is 4.79 Å². The third kappa shape index (κ3) is 3.26. The van der Waals surface area contributed by atoms with Crippen molar-refractivity contribution in [2.75, 3.05) is 13.1 Å². The normalized spacial score (nSPS) is 23.7. The molecule has 0 unspecified atom stereocenters. The Hall–Kier alpha value is -1.56. The van der Waals surface area contributed by atoms with Crippen LogP contribution in [0, 0.1) is 0 Å². The molecule has 1 aliphatic heterocycles. The van der Waals surface area contributed by atoms with Gasteiger partial charge in [-0.1, -0.05) is 0 Å². The van der Waals surface area contributed by atoms with Gasteiger partial charge in [-0.3, -0.25) is 4.68 Å². The summed E-state index contributed by atoms with van der Waals surface area (Å²) in [4.78, 5) is 13.5. The Balaban J connectivity index is 2.03. The Morgan fingerprint density at radius 2 is 2.16 bits per heavy atom. The molecule has 106 valence electrons. The number of amides is 1. The lowest BCUT2D eigenvalue weighted by Crippen LogP contribution is -2.35. The molecule has 2 rings (SSSR count). The van der Waals surface area contributed by atoms with Crippen LogP contribution in [-0.4, -0.2) is 50.7 Å². The molecule has 0 saturated carbocycles. The Labute approximate surface area is 113 Å². The molecule has 1 fully saturated rings. The Bertz CT molecular complexity index is 464. The molecule has 6 heteroatoms. The van der Waals surface area contributed by atoms with Gasteiger partial charge in [0.25, 0.3) is 0 Å². The van der Waals surface area contributed by atoms with Crippen molar-refractivity contribution in [1.29, 1.82) is 0 Å². The fourth-order valence-electron chi connectivity index (χ4n) is 2.22. The van der Waals surface area contributed by atoms with Gasteiger partial charge in [-0.15, -0.1) is 0 Å². The van der Waals surface area contributed by atoms with E-state index in [1.54, 1.807) is 15.8 Å². The zero-order valence-electron chi connectivity index (χ0n) is 11.8. The Kier molecular flexibility index (Phi) is 3.54. The lowest BCUT2D eigenvalue weighted by atomic mass is 10.00. The summed E-state index contributed by atoms with van der Waals surface area (Å²) in [7, 11) is 1.83. The lowest BCUT2D eigenvalue weighted by Gasteiger charge is -2.24. The minimum Gasteiger partial charge on any atom is -0.444 e. The monoisotopic (exact) mass is 267 g/mol. The molecule has 19 heavy (non-hydrogen) atoms. The van der Waals surface area contributed by atoms with E-state index in [1.807, 2.05) is 34.0 Å². The molecule has 1 N–H and O–H groups in total. The molecule has 0 radical (unpaired) electrons. The highest BCUT2D eigenvalue weighted by molar-refractivity contribution is 5.68. The summed E-state index contributed by atoms with van der Waals surface area (Å²) in [5.41, 5.74) is 0.426. The molecule has 0 aliphatic carbocycles. The van der Waals surface area contributed by atoms with Gasteiger partial charge in [0.05, 0.1) is 18.8 Å². The van der Waals surface area contributed by atoms with Crippen LogP contribution in [0.25, 0.3) is 0 Å². The maximum absolute atomic E-state index is 12.0. The largest absolute Gasteiger partial charge is 0.444 e. The number of nitrogens with zero attached hydrogens (tertiary/aromatic N) is 3. The van der Waals surface area contributed by atoms with Crippen LogP contribution < -0.4 is 0 Å². The number of aryl methyl sites for hydroxylation is 1. The minimum atomic E-state index is -0.572. The third-order valence-corrected chi connectivity index (χ3v) is 3.09. The number of rotatable bonds is 1. The summed E-state index contributed by atoms with van der Waals surface area (Å²) in [5, 5.41) is 14.2. The maximum atomic E-state index is 12.0. The van der Waals surface area contributed by atoms with E-state index in [1.165, 1.54) is 0 Å². The van der Waals surface area contributed by atoms with Crippen molar-refractivity contribution >= 4 is 6.09 Å². The smallest absolute Gasteiger partial charge is 0.410 e. The summed E-state index contributed by atoms with van der Waals surface area (Å²) < 4.78 is 7.01. The van der Waals surface area contributed by atoms with E-state index in [9.17, 15) is 9.90 Å². The SMILES string of the molecule is Cn1cc([C@@H]2CN(C(=O)OC(C)(C)C)C[C@H]2O)cn1. The first kappa shape index (κ1) is 13.9. The van der Waals surface area contributed by atoms with Crippen LogP contribution in [0.2, 0.25) is 0 Å². The first-order chi connectivity index (χ1) is 8.76. The van der Waals surface area contributed by atoms with Crippen molar-refractivity contribution in [3.05, 3.63) is 18.0 Å². The van der Waals surface area contributed by atoms with Crippen LogP contribution >= 0.6 is 0 Å². The maximum Gasteiger partial charge on any atom is 0.410 e. The van der Waals surface area contributed by atoms with Gasteiger partial charge < -0.3 is 14.7 Å². The van der Waals surface area contributed by atoms with Crippen LogP contribution in [0.5, 0.6) is 0 Å². The summed E-state index contributed by atoms with van der Waals surface area (Å²) >= 11 is 0. The zero-order chi connectivity index (χ0) is 14.2. The van der Waals surface area contributed by atoms with Crippen molar-refractivity contribution in [2.24, 2.45) is 7.05 Å². The number of carbonyl (C=O) groups is 1. The number of hydrogen-bond acceptors (Lipinski definition) is 4. The first-order valence-corrected chi connectivity index (χ1v) is 6.41. The molecule has 1 aromatic heterocycles. The molecule has 6 nitrogen and oxygen atoms in total. The standard InChI is InChI=1S/C13H21N3O3/c1-13(2,3)19-12(18)16-7-10(11(17)8-16)9-5-14-15(4)6-9/h5-6,10-11,17H,7-8H2,1-4H3/t10-,11+/m0/s1. The van der Waals surface area contributed by atoms with Crippen molar-refractivity contribution in [1.82, 2.24) is 14.7 Å². The second-order valence-corrected chi connectivity index (χ2v) is 6.01. The molecular formula is C13H21N3O3. The number of carbonyl (C=O) groups excluding carboxylic acids is 1. The highest BCUT2D eigenvalue weighted by Gasteiger charge is 2.37. The van der Waals surface area contributed by atoms with Gasteiger partial charge in [-0.05, 0) is 26.3 Å². The molecule has 0 spiro atoms. The molecule has 1 aliphatic rings. The van der Waals surface area contributed by atoms with Gasteiger partial charge in [-0.2, -0.15) is 5.10 Å². The molecule has 0 bridgehead atoms. The minimum absolute atomic E-state index is 0.0961. The van der Waals surface area contributed by atoms with Gasteiger partial charge in [0.1, 0.15) is 5.60 Å². The summed E-state index contributed by atoms with van der Waals surface area (Å²) in [6.07, 6.45) is 2.65. The number of ether oxygens (including phenoxy) is 1. The van der Waals surface area contributed by atoms with Gasteiger partial charge in [0, 0.05) is 25.7 Å². The molecule has 1 aromatic rings. The Morgan fingerprint density at radius 1 is 1.47 bits per heavy atom. The van der Waals surface area contributed by atoms with Crippen molar-refractivity contribution in [2.45, 2.75) is 38.4 Å². The van der Waals surface area contributed by atoms with Crippen LogP contribution in [0.15, 0.2) is 12.4 Å². The highest BCUT2D eigenvalue weighted by atomic mass is 16.6. The number of likely N-dealkylation sites (tertiary alicyclic amines) is 1. The van der Waals surface area contributed by atoms with Crippen molar-refractivity contribution in [3.8, 4) is 0 Å². The van der Waals surface area contributed by atoms with Gasteiger partial charge in [0.15, 0.2) is 0 Å². The summed E-state index contributed by atoms with van der Waals surface area (Å²) in [6.45, 7) is 6.25. The van der Waals surface area contributed by atoms with Gasteiger partial charge in [-0.25, -0.2) is 4.79 Å². The summed E-state index contributed by atoms with van der Waals surface area (Å²) in [6, 6.07) is 0. The van der Waals surface area contributed by atoms with Crippen LogP contribution in [0.3, 0.4) is 0 Å². The Morgan fingerprint density at radius 3 is 2.68 bits per heavy atom. The second kappa shape index (κ2) is 4.85. The van der Waals surface area contributed by atoms with E-state index < -0.39 is 11.7 Å². The third-order valence-electron chi connectivity index (χ3n) is 3.09. The van der Waals surface area contributed by atoms with Crippen molar-refractivity contribution < 1.29 is 14.6 Å². The molecule has 0 aromatic carbocycles. The van der Waals surface area contributed by atoms with E-state index >= 15 is 0 Å². The molecule has 1 amide bonds. The van der Waals surface area contributed by atoms with Crippen LogP contribution in [-0.2, 0) is 11.8 Å². The van der Waals surface area contributed by atoms with Crippen molar-refractivity contribution in [3.63, 3.8) is 0 Å². The number of aliphatic hydroxyl groups excluding tert-OH is 1. The van der Waals surface area contributed by atoms with Crippen LogP contribution in [0.1, 0.15) is 32.3 Å². The summed E-state index contributed by atoms with van der Waals surface area (Å²) in [5.74, 6) is -0.0961. The number of aromatic nitrogens is 2. The fourth-order valence-corrected chi connectivity index (χ4v) is 2.22. The van der Waals surface area contributed by atoms with E-state index in [0.717, 1.165) is 5.56 Å². The molecule has 2 atom stereocenters. The molecular weight excluding hydrogens is 246 g/mol. The number of hydrogen-bond donors (Lipinski definition) is 1. The van der Waals surface area contributed by atoms with Gasteiger partial charge in [0.2, 0.25) is 0 Å². The second-order valence-electron chi connectivity index (χ2n) is 6.01. The van der Waals surface area contributed by atoms with E-state index in [2.05, 4.69) is 5.10 Å². The molecule has 2 heterocycles. The topological polar surface area (TPSA) is 67.6 Å². The van der Waals surface area contributed by atoms with Gasteiger partial charge >= 0.3 is 6.09 Å². The number of aliphatic hydroxyl groups is 1. The zero-order valence-corrected chi connectivity index (χ0v) is 11.8. The number of β-amino-alcohol motifs (C(OH)–C–C–N with tert-alkyl or cyclic N) is 1. The fraction of sp³-hybridized carbons (Fsp3) is 0.692. The van der Waals surface area contributed by atoms with E-state index in [4.69, 9.17) is 4.74 Å². The predicted octanol–water partition coefficient (Wildman–Crippen LogP) is 1.12. The van der Waals surface area contributed by atoms with E-state index in [-0.39, 0.29) is 12.0 Å². The highest BCUT2D eigenvalue weighted by Crippen LogP contribution is 2.28. The quantitative estimate of drug-likeness (QED) is 0.828. The van der Waals surface area contributed by atoms with E-state index in [0.29, 0.717) is 13.1 Å². The average molecular weight is 267 g/mol. The molecule has 1 saturated heterocycles. The average Bonchev–Trinajstić information content (AvgIpc) is 2.82. The lowest BCUT2D eigenvalue weighted by molar-refractivity contribution is 0.0270.